The average molecular weight is 223 g/mol. The maximum absolute atomic E-state index is 8.87. The smallest absolute Gasteiger partial charge is 0.0568 e. The van der Waals surface area contributed by atoms with Gasteiger partial charge in [0, 0.05) is 18.8 Å². The highest BCUT2D eigenvalue weighted by Gasteiger charge is 2.00. The van der Waals surface area contributed by atoms with E-state index >= 15 is 0 Å². The first-order valence-corrected chi connectivity index (χ1v) is 5.63. The van der Waals surface area contributed by atoms with Gasteiger partial charge in [0.1, 0.15) is 0 Å². The lowest BCUT2D eigenvalue weighted by Crippen LogP contribution is -2.07. The van der Waals surface area contributed by atoms with Crippen molar-refractivity contribution in [2.75, 3.05) is 29.9 Å². The van der Waals surface area contributed by atoms with Crippen molar-refractivity contribution in [3.63, 3.8) is 0 Å². The molecule has 0 saturated heterocycles. The van der Waals surface area contributed by atoms with E-state index < -0.39 is 0 Å². The van der Waals surface area contributed by atoms with Crippen LogP contribution in [0.5, 0.6) is 0 Å². The lowest BCUT2D eigenvalue weighted by atomic mass is 10.1. The molecule has 4 heteroatoms. The number of hydrogen-bond acceptors (Lipinski definition) is 4. The third-order valence-corrected chi connectivity index (χ3v) is 2.60. The summed E-state index contributed by atoms with van der Waals surface area (Å²) >= 11 is 0. The van der Waals surface area contributed by atoms with Crippen molar-refractivity contribution < 1.29 is 5.11 Å². The summed E-state index contributed by atoms with van der Waals surface area (Å²) in [5.74, 6) is 0.373. The molecule has 0 bridgehead atoms. The first-order valence-electron chi connectivity index (χ1n) is 5.63. The third-order valence-electron chi connectivity index (χ3n) is 2.60. The molecule has 0 aliphatic carbocycles. The summed E-state index contributed by atoms with van der Waals surface area (Å²) in [6.45, 7) is 3.18. The molecule has 1 unspecified atom stereocenters. The monoisotopic (exact) mass is 223 g/mol. The molecule has 1 rings (SSSR count). The van der Waals surface area contributed by atoms with Crippen LogP contribution in [-0.2, 0) is 0 Å². The van der Waals surface area contributed by atoms with Crippen molar-refractivity contribution in [2.45, 2.75) is 19.8 Å². The summed E-state index contributed by atoms with van der Waals surface area (Å²) in [5.41, 5.74) is 13.5. The van der Waals surface area contributed by atoms with E-state index in [4.69, 9.17) is 16.6 Å². The Bertz CT molecular complexity index is 328. The fourth-order valence-corrected chi connectivity index (χ4v) is 1.46. The van der Waals surface area contributed by atoms with Crippen molar-refractivity contribution in [1.82, 2.24) is 0 Å². The van der Waals surface area contributed by atoms with Gasteiger partial charge < -0.3 is 21.9 Å². The van der Waals surface area contributed by atoms with Crippen LogP contribution in [0.15, 0.2) is 18.2 Å². The number of anilines is 3. The fourth-order valence-electron chi connectivity index (χ4n) is 1.46. The zero-order chi connectivity index (χ0) is 12.0. The van der Waals surface area contributed by atoms with Crippen LogP contribution in [0, 0.1) is 5.92 Å². The number of nitrogens with two attached hydrogens (primary N) is 2. The van der Waals surface area contributed by atoms with Crippen LogP contribution < -0.4 is 16.8 Å². The Morgan fingerprint density at radius 3 is 2.69 bits per heavy atom. The molecule has 0 aromatic heterocycles. The van der Waals surface area contributed by atoms with E-state index in [2.05, 4.69) is 5.32 Å². The van der Waals surface area contributed by atoms with Gasteiger partial charge in [0.25, 0.3) is 0 Å². The Labute approximate surface area is 96.6 Å². The van der Waals surface area contributed by atoms with Gasteiger partial charge in [-0.1, -0.05) is 6.92 Å². The lowest BCUT2D eigenvalue weighted by molar-refractivity contribution is 0.229. The van der Waals surface area contributed by atoms with E-state index in [0.29, 0.717) is 17.3 Å². The van der Waals surface area contributed by atoms with E-state index in [0.717, 1.165) is 25.1 Å². The highest BCUT2D eigenvalue weighted by atomic mass is 16.3. The molecule has 0 aliphatic rings. The van der Waals surface area contributed by atoms with Gasteiger partial charge in [-0.05, 0) is 37.0 Å². The third kappa shape index (κ3) is 3.98. The van der Waals surface area contributed by atoms with Gasteiger partial charge in [-0.2, -0.15) is 0 Å². The number of aliphatic hydroxyl groups excluding tert-OH is 1. The Morgan fingerprint density at radius 2 is 2.06 bits per heavy atom. The van der Waals surface area contributed by atoms with Crippen LogP contribution in [0.25, 0.3) is 0 Å². The number of benzene rings is 1. The average Bonchev–Trinajstić information content (AvgIpc) is 2.28. The van der Waals surface area contributed by atoms with Crippen LogP contribution in [-0.4, -0.2) is 18.3 Å². The zero-order valence-electron chi connectivity index (χ0n) is 9.74. The van der Waals surface area contributed by atoms with Crippen LogP contribution in [0.1, 0.15) is 19.8 Å². The van der Waals surface area contributed by atoms with Crippen molar-refractivity contribution in [3.8, 4) is 0 Å². The van der Waals surface area contributed by atoms with E-state index in [1.165, 1.54) is 0 Å². The molecule has 0 spiro atoms. The Kier molecular flexibility index (Phi) is 4.92. The van der Waals surface area contributed by atoms with Gasteiger partial charge in [0.05, 0.1) is 11.4 Å². The largest absolute Gasteiger partial charge is 0.397 e. The van der Waals surface area contributed by atoms with Gasteiger partial charge in [-0.15, -0.1) is 0 Å². The summed E-state index contributed by atoms with van der Waals surface area (Å²) in [5, 5.41) is 12.1. The van der Waals surface area contributed by atoms with E-state index in [9.17, 15) is 0 Å². The van der Waals surface area contributed by atoms with E-state index in [1.807, 2.05) is 19.1 Å². The summed E-state index contributed by atoms with van der Waals surface area (Å²) in [7, 11) is 0. The van der Waals surface area contributed by atoms with E-state index in [1.54, 1.807) is 6.07 Å². The normalized spacial score (nSPS) is 12.4. The molecule has 0 amide bonds. The number of aliphatic hydroxyl groups is 1. The van der Waals surface area contributed by atoms with Gasteiger partial charge in [-0.25, -0.2) is 0 Å². The van der Waals surface area contributed by atoms with Crippen molar-refractivity contribution in [1.29, 1.82) is 0 Å². The quantitative estimate of drug-likeness (QED) is 0.436. The Hall–Kier alpha value is -1.42. The number of nitrogens with one attached hydrogen (secondary N) is 1. The van der Waals surface area contributed by atoms with Crippen molar-refractivity contribution in [2.24, 2.45) is 5.92 Å². The number of hydrogen-bond donors (Lipinski definition) is 4. The molecule has 0 heterocycles. The van der Waals surface area contributed by atoms with Crippen molar-refractivity contribution >= 4 is 17.1 Å². The lowest BCUT2D eigenvalue weighted by Gasteiger charge is -2.10. The topological polar surface area (TPSA) is 84.3 Å². The summed E-state index contributed by atoms with van der Waals surface area (Å²) in [6, 6.07) is 5.56. The molecule has 0 radical (unpaired) electrons. The molecule has 0 fully saturated rings. The number of nitrogen functional groups attached to an aromatic ring is 2. The highest BCUT2D eigenvalue weighted by molar-refractivity contribution is 5.69. The van der Waals surface area contributed by atoms with Crippen LogP contribution in [0.4, 0.5) is 17.1 Å². The zero-order valence-corrected chi connectivity index (χ0v) is 9.74. The predicted molar refractivity (Wildman–Crippen MR) is 69.2 cm³/mol. The summed E-state index contributed by atoms with van der Waals surface area (Å²) < 4.78 is 0. The Balaban J connectivity index is 2.29. The molecule has 0 saturated carbocycles. The summed E-state index contributed by atoms with van der Waals surface area (Å²) in [6.07, 6.45) is 2.06. The first-order chi connectivity index (χ1) is 7.63. The molecule has 1 aromatic rings. The second-order valence-electron chi connectivity index (χ2n) is 4.20. The van der Waals surface area contributed by atoms with Gasteiger partial charge in [-0.3, -0.25) is 0 Å². The fraction of sp³-hybridized carbons (Fsp3) is 0.500. The number of rotatable bonds is 6. The predicted octanol–water partition coefficient (Wildman–Crippen LogP) is 1.67. The van der Waals surface area contributed by atoms with E-state index in [-0.39, 0.29) is 6.61 Å². The molecule has 1 aromatic carbocycles. The van der Waals surface area contributed by atoms with Gasteiger partial charge in [0.15, 0.2) is 0 Å². The summed E-state index contributed by atoms with van der Waals surface area (Å²) in [4.78, 5) is 0. The minimum atomic E-state index is 0.259. The molecule has 16 heavy (non-hydrogen) atoms. The maximum atomic E-state index is 8.87. The maximum Gasteiger partial charge on any atom is 0.0568 e. The molecule has 1 atom stereocenters. The second kappa shape index (κ2) is 6.23. The molecule has 6 N–H and O–H groups in total. The molecular formula is C12H21N3O. The molecule has 0 aliphatic heterocycles. The standard InChI is InChI=1S/C12H21N3O/c1-9(8-16)3-2-6-15-10-4-5-11(13)12(14)7-10/h4-5,7,9,15-16H,2-3,6,8,13-14H2,1H3. The van der Waals surface area contributed by atoms with Crippen LogP contribution >= 0.6 is 0 Å². The van der Waals surface area contributed by atoms with Gasteiger partial charge >= 0.3 is 0 Å². The second-order valence-corrected chi connectivity index (χ2v) is 4.20. The van der Waals surface area contributed by atoms with Crippen molar-refractivity contribution in [3.05, 3.63) is 18.2 Å². The minimum Gasteiger partial charge on any atom is -0.397 e. The highest BCUT2D eigenvalue weighted by Crippen LogP contribution is 2.19. The molecule has 4 nitrogen and oxygen atoms in total. The SMILES string of the molecule is CC(CO)CCCNc1ccc(N)c(N)c1. The van der Waals surface area contributed by atoms with Gasteiger partial charge in [0.2, 0.25) is 0 Å². The van der Waals surface area contributed by atoms with Crippen LogP contribution in [0.3, 0.4) is 0 Å². The minimum absolute atomic E-state index is 0.259. The molecular weight excluding hydrogens is 202 g/mol. The Morgan fingerprint density at radius 1 is 1.31 bits per heavy atom. The first kappa shape index (κ1) is 12.6. The molecule has 90 valence electrons. The van der Waals surface area contributed by atoms with Crippen LogP contribution in [0.2, 0.25) is 0 Å².